The summed E-state index contributed by atoms with van der Waals surface area (Å²) in [5.74, 6) is 4.26. The molecule has 0 unspecified atom stereocenters. The van der Waals surface area contributed by atoms with E-state index < -0.39 is 0 Å². The monoisotopic (exact) mass is 338 g/mol. The van der Waals surface area contributed by atoms with Crippen molar-refractivity contribution in [1.82, 2.24) is 0 Å². The Bertz CT molecular complexity index is 391. The van der Waals surface area contributed by atoms with Gasteiger partial charge in [-0.05, 0) is 92.3 Å². The minimum absolute atomic E-state index is 0.692. The highest BCUT2D eigenvalue weighted by Crippen LogP contribution is 2.66. The number of hydrogen-bond acceptors (Lipinski definition) is 0. The normalized spacial score (nSPS) is 58.6. The van der Waals surface area contributed by atoms with Crippen molar-refractivity contribution in [2.24, 2.45) is 34.5 Å². The number of alkyl halides is 1. The Kier molecular flexibility index (Phi) is 3.34. The molecule has 0 aromatic rings. The van der Waals surface area contributed by atoms with Gasteiger partial charge in [0.2, 0.25) is 0 Å². The summed E-state index contributed by atoms with van der Waals surface area (Å²) in [5.41, 5.74) is 1.42. The summed E-state index contributed by atoms with van der Waals surface area (Å²) in [7, 11) is 0. The third kappa shape index (κ3) is 1.90. The van der Waals surface area contributed by atoms with Crippen LogP contribution >= 0.6 is 15.9 Å². The molecule has 7 atom stereocenters. The van der Waals surface area contributed by atoms with Crippen LogP contribution in [-0.2, 0) is 0 Å². The molecule has 0 aromatic heterocycles. The fourth-order valence-corrected chi connectivity index (χ4v) is 7.88. The Balaban J connectivity index is 1.62. The first kappa shape index (κ1) is 14.1. The van der Waals surface area contributed by atoms with E-state index >= 15 is 0 Å². The molecule has 4 saturated carbocycles. The van der Waals surface area contributed by atoms with Crippen LogP contribution in [0.5, 0.6) is 0 Å². The predicted molar refractivity (Wildman–Crippen MR) is 89.1 cm³/mol. The lowest BCUT2D eigenvalue weighted by atomic mass is 9.45. The summed E-state index contributed by atoms with van der Waals surface area (Å²) in [5, 5.41) is 0. The van der Waals surface area contributed by atoms with E-state index in [1.54, 1.807) is 25.7 Å². The average Bonchev–Trinajstić information content (AvgIpc) is 2.81. The first-order valence-electron chi connectivity index (χ1n) is 9.17. The third-order valence-electron chi connectivity index (χ3n) is 8.38. The van der Waals surface area contributed by atoms with Gasteiger partial charge >= 0.3 is 0 Å². The summed E-state index contributed by atoms with van der Waals surface area (Å²) in [6.45, 7) is 5.32. The maximum absolute atomic E-state index is 3.92. The molecule has 4 rings (SSSR count). The van der Waals surface area contributed by atoms with Gasteiger partial charge in [0.25, 0.3) is 0 Å². The summed E-state index contributed by atoms with van der Waals surface area (Å²) in [6.07, 6.45) is 15.2. The van der Waals surface area contributed by atoms with Crippen molar-refractivity contribution in [3.8, 4) is 0 Å². The lowest BCUT2D eigenvalue weighted by Gasteiger charge is -2.60. The van der Waals surface area contributed by atoms with Gasteiger partial charge in [0.05, 0.1) is 0 Å². The van der Waals surface area contributed by atoms with E-state index in [-0.39, 0.29) is 0 Å². The molecule has 0 N–H and O–H groups in total. The van der Waals surface area contributed by atoms with Crippen LogP contribution in [0.1, 0.15) is 78.1 Å². The minimum atomic E-state index is 0.692. The second kappa shape index (κ2) is 4.74. The smallest absolute Gasteiger partial charge is 0.0148 e. The summed E-state index contributed by atoms with van der Waals surface area (Å²) in [4.78, 5) is 0.817. The van der Waals surface area contributed by atoms with Crippen LogP contribution in [0.3, 0.4) is 0 Å². The van der Waals surface area contributed by atoms with Crippen molar-refractivity contribution in [3.63, 3.8) is 0 Å². The molecule has 0 radical (unpaired) electrons. The van der Waals surface area contributed by atoms with E-state index in [2.05, 4.69) is 29.8 Å². The van der Waals surface area contributed by atoms with Crippen molar-refractivity contribution in [1.29, 1.82) is 0 Å². The van der Waals surface area contributed by atoms with Gasteiger partial charge in [-0.1, -0.05) is 36.2 Å². The van der Waals surface area contributed by atoms with E-state index in [0.29, 0.717) is 5.41 Å². The molecule has 0 heterocycles. The molecule has 0 saturated heterocycles. The van der Waals surface area contributed by atoms with Gasteiger partial charge in [0, 0.05) is 4.83 Å². The summed E-state index contributed by atoms with van der Waals surface area (Å²) < 4.78 is 0. The first-order valence-corrected chi connectivity index (χ1v) is 10.1. The molecule has 4 fully saturated rings. The number of fused-ring (bicyclic) bond motifs is 5. The standard InChI is InChI=1S/C19H31Br/c1-18-9-3-4-16(18)15-6-5-13-12-14(20)7-11-19(13,2)17(15)8-10-18/h13-17H,3-12H2,1-2H3/t13-,14+,15+,16+,17-,18-,19-/m0/s1. The molecule has 0 spiro atoms. The van der Waals surface area contributed by atoms with Crippen molar-refractivity contribution < 1.29 is 0 Å². The third-order valence-corrected chi connectivity index (χ3v) is 9.21. The van der Waals surface area contributed by atoms with Gasteiger partial charge in [-0.2, -0.15) is 0 Å². The molecule has 0 aromatic carbocycles. The van der Waals surface area contributed by atoms with E-state index in [1.165, 1.54) is 38.5 Å². The van der Waals surface area contributed by atoms with Gasteiger partial charge < -0.3 is 0 Å². The first-order chi connectivity index (χ1) is 9.53. The zero-order chi connectivity index (χ0) is 14.0. The zero-order valence-electron chi connectivity index (χ0n) is 13.3. The van der Waals surface area contributed by atoms with Crippen LogP contribution in [0.25, 0.3) is 0 Å². The topological polar surface area (TPSA) is 0 Å². The number of rotatable bonds is 0. The highest BCUT2D eigenvalue weighted by molar-refractivity contribution is 9.09. The van der Waals surface area contributed by atoms with E-state index in [4.69, 9.17) is 0 Å². The Labute approximate surface area is 133 Å². The molecule has 114 valence electrons. The highest BCUT2D eigenvalue weighted by Gasteiger charge is 2.57. The fourth-order valence-electron chi connectivity index (χ4n) is 7.20. The molecule has 20 heavy (non-hydrogen) atoms. The number of halogens is 1. The van der Waals surface area contributed by atoms with Gasteiger partial charge in [0.15, 0.2) is 0 Å². The second-order valence-corrected chi connectivity index (χ2v) is 10.4. The van der Waals surface area contributed by atoms with Crippen LogP contribution < -0.4 is 0 Å². The number of hydrogen-bond donors (Lipinski definition) is 0. The van der Waals surface area contributed by atoms with Gasteiger partial charge in [-0.3, -0.25) is 0 Å². The molecule has 4 aliphatic carbocycles. The molecular weight excluding hydrogens is 308 g/mol. The molecule has 0 bridgehead atoms. The largest absolute Gasteiger partial charge is 0.0891 e. The van der Waals surface area contributed by atoms with Crippen molar-refractivity contribution in [2.45, 2.75) is 82.9 Å². The Hall–Kier alpha value is 0.480. The molecule has 0 aliphatic heterocycles. The van der Waals surface area contributed by atoms with Gasteiger partial charge in [-0.15, -0.1) is 0 Å². The predicted octanol–water partition coefficient (Wildman–Crippen LogP) is 6.18. The van der Waals surface area contributed by atoms with Crippen molar-refractivity contribution in [2.75, 3.05) is 0 Å². The van der Waals surface area contributed by atoms with E-state index in [1.807, 2.05) is 0 Å². The Morgan fingerprint density at radius 3 is 2.55 bits per heavy atom. The van der Waals surface area contributed by atoms with Crippen LogP contribution in [0.15, 0.2) is 0 Å². The quantitative estimate of drug-likeness (QED) is 0.462. The van der Waals surface area contributed by atoms with Gasteiger partial charge in [0.1, 0.15) is 0 Å². The fraction of sp³-hybridized carbons (Fsp3) is 1.00. The highest BCUT2D eigenvalue weighted by atomic mass is 79.9. The molecule has 1 heteroatoms. The maximum atomic E-state index is 3.92. The lowest BCUT2D eigenvalue weighted by Crippen LogP contribution is -2.52. The van der Waals surface area contributed by atoms with Crippen LogP contribution in [0, 0.1) is 34.5 Å². The summed E-state index contributed by atoms with van der Waals surface area (Å²) in [6, 6.07) is 0. The Morgan fingerprint density at radius 1 is 0.850 bits per heavy atom. The zero-order valence-corrected chi connectivity index (χ0v) is 14.9. The van der Waals surface area contributed by atoms with E-state index in [9.17, 15) is 0 Å². The van der Waals surface area contributed by atoms with E-state index in [0.717, 1.165) is 33.9 Å². The lowest BCUT2D eigenvalue weighted by molar-refractivity contribution is -0.102. The SMILES string of the molecule is C[C@@]12CCC[C@@H]1[C@H]1CC[C@H]3C[C@H](Br)CC[C@]3(C)[C@H]1CC2. The van der Waals surface area contributed by atoms with Crippen LogP contribution in [0.4, 0.5) is 0 Å². The Morgan fingerprint density at radius 2 is 1.70 bits per heavy atom. The van der Waals surface area contributed by atoms with Crippen molar-refractivity contribution >= 4 is 15.9 Å². The summed E-state index contributed by atoms with van der Waals surface area (Å²) >= 11 is 3.92. The van der Waals surface area contributed by atoms with Crippen LogP contribution in [0.2, 0.25) is 0 Å². The minimum Gasteiger partial charge on any atom is -0.0891 e. The molecular formula is C19H31Br. The van der Waals surface area contributed by atoms with Crippen molar-refractivity contribution in [3.05, 3.63) is 0 Å². The average molecular weight is 339 g/mol. The van der Waals surface area contributed by atoms with Gasteiger partial charge in [-0.25, -0.2) is 0 Å². The molecule has 0 amide bonds. The maximum Gasteiger partial charge on any atom is 0.0148 e. The van der Waals surface area contributed by atoms with Crippen LogP contribution in [-0.4, -0.2) is 4.83 Å². The molecule has 0 nitrogen and oxygen atoms in total. The molecule has 4 aliphatic rings. The second-order valence-electron chi connectivity index (χ2n) is 9.11.